The molecule has 1 saturated heterocycles. The number of amides is 2. The van der Waals surface area contributed by atoms with Crippen LogP contribution in [0, 0.1) is 5.41 Å². The van der Waals surface area contributed by atoms with Crippen LogP contribution in [0.25, 0.3) is 0 Å². The number of primary amides is 1. The van der Waals surface area contributed by atoms with E-state index in [-0.39, 0.29) is 12.3 Å². The molecule has 1 unspecified atom stereocenters. The first-order chi connectivity index (χ1) is 4.54. The molecular formula is C6H10N2O2. The Morgan fingerprint density at radius 3 is 2.60 bits per heavy atom. The van der Waals surface area contributed by atoms with Gasteiger partial charge < -0.3 is 11.1 Å². The summed E-state index contributed by atoms with van der Waals surface area (Å²) in [5.74, 6) is -0.507. The van der Waals surface area contributed by atoms with Gasteiger partial charge in [0.1, 0.15) is 0 Å². The van der Waals surface area contributed by atoms with Gasteiger partial charge in [-0.25, -0.2) is 0 Å². The van der Waals surface area contributed by atoms with Crippen molar-refractivity contribution in [3.8, 4) is 0 Å². The second-order valence-corrected chi connectivity index (χ2v) is 2.88. The molecule has 1 aliphatic rings. The highest BCUT2D eigenvalue weighted by Crippen LogP contribution is 2.23. The second kappa shape index (κ2) is 1.97. The summed E-state index contributed by atoms with van der Waals surface area (Å²) in [4.78, 5) is 21.3. The monoisotopic (exact) mass is 142 g/mol. The van der Waals surface area contributed by atoms with Crippen molar-refractivity contribution in [2.24, 2.45) is 11.1 Å². The van der Waals surface area contributed by atoms with E-state index in [1.165, 1.54) is 0 Å². The lowest BCUT2D eigenvalue weighted by molar-refractivity contribution is -0.128. The number of hydrogen-bond donors (Lipinski definition) is 2. The number of carbonyl (C=O) groups is 2. The average molecular weight is 142 g/mol. The molecule has 56 valence electrons. The van der Waals surface area contributed by atoms with Gasteiger partial charge in [-0.1, -0.05) is 0 Å². The Bertz CT molecular complexity index is 190. The highest BCUT2D eigenvalue weighted by molar-refractivity contribution is 5.91. The molecule has 0 aromatic rings. The summed E-state index contributed by atoms with van der Waals surface area (Å²) < 4.78 is 0. The molecular weight excluding hydrogens is 132 g/mol. The third kappa shape index (κ3) is 0.964. The van der Waals surface area contributed by atoms with Gasteiger partial charge in [0.15, 0.2) is 0 Å². The molecule has 10 heavy (non-hydrogen) atoms. The van der Waals surface area contributed by atoms with Crippen molar-refractivity contribution >= 4 is 11.8 Å². The highest BCUT2D eigenvalue weighted by atomic mass is 16.2. The van der Waals surface area contributed by atoms with E-state index in [0.29, 0.717) is 6.54 Å². The summed E-state index contributed by atoms with van der Waals surface area (Å²) in [5.41, 5.74) is 4.41. The normalized spacial score (nSPS) is 31.9. The third-order valence-corrected chi connectivity index (χ3v) is 1.82. The molecule has 3 N–H and O–H groups in total. The topological polar surface area (TPSA) is 72.2 Å². The van der Waals surface area contributed by atoms with Gasteiger partial charge in [0.05, 0.1) is 5.41 Å². The quantitative estimate of drug-likeness (QED) is 0.492. The van der Waals surface area contributed by atoms with Crippen molar-refractivity contribution in [2.45, 2.75) is 13.3 Å². The fourth-order valence-corrected chi connectivity index (χ4v) is 0.947. The van der Waals surface area contributed by atoms with Crippen LogP contribution in [-0.4, -0.2) is 18.4 Å². The molecule has 1 atom stereocenters. The van der Waals surface area contributed by atoms with Crippen LogP contribution in [0.1, 0.15) is 13.3 Å². The fourth-order valence-electron chi connectivity index (χ4n) is 0.947. The van der Waals surface area contributed by atoms with Gasteiger partial charge in [0.25, 0.3) is 0 Å². The van der Waals surface area contributed by atoms with E-state index in [1.807, 2.05) is 0 Å². The molecule has 0 bridgehead atoms. The Kier molecular flexibility index (Phi) is 1.39. The Morgan fingerprint density at radius 2 is 2.40 bits per heavy atom. The Morgan fingerprint density at radius 1 is 1.80 bits per heavy atom. The fraction of sp³-hybridized carbons (Fsp3) is 0.667. The van der Waals surface area contributed by atoms with E-state index in [4.69, 9.17) is 5.73 Å². The Hall–Kier alpha value is -1.06. The maximum Gasteiger partial charge on any atom is 0.225 e. The van der Waals surface area contributed by atoms with Crippen molar-refractivity contribution in [3.05, 3.63) is 0 Å². The van der Waals surface area contributed by atoms with Crippen LogP contribution in [0.15, 0.2) is 0 Å². The zero-order valence-corrected chi connectivity index (χ0v) is 5.81. The zero-order chi connectivity index (χ0) is 7.78. The minimum absolute atomic E-state index is 0.0960. The Labute approximate surface area is 58.8 Å². The number of hydrogen-bond acceptors (Lipinski definition) is 2. The Balaban J connectivity index is 2.72. The van der Waals surface area contributed by atoms with Crippen LogP contribution in [0.3, 0.4) is 0 Å². The summed E-state index contributed by atoms with van der Waals surface area (Å²) in [6.45, 7) is 2.06. The van der Waals surface area contributed by atoms with Gasteiger partial charge in [-0.2, -0.15) is 0 Å². The number of nitrogens with two attached hydrogens (primary N) is 1. The molecule has 4 heteroatoms. The summed E-state index contributed by atoms with van der Waals surface area (Å²) in [7, 11) is 0. The summed E-state index contributed by atoms with van der Waals surface area (Å²) in [6.07, 6.45) is 0.225. The maximum absolute atomic E-state index is 10.7. The minimum atomic E-state index is -0.656. The molecule has 4 nitrogen and oxygen atoms in total. The molecule has 0 aromatic heterocycles. The molecule has 2 amide bonds. The van der Waals surface area contributed by atoms with Gasteiger partial charge in [0, 0.05) is 13.0 Å². The first-order valence-corrected chi connectivity index (χ1v) is 3.11. The second-order valence-electron chi connectivity index (χ2n) is 2.88. The van der Waals surface area contributed by atoms with E-state index in [1.54, 1.807) is 6.92 Å². The van der Waals surface area contributed by atoms with Crippen molar-refractivity contribution in [1.82, 2.24) is 5.32 Å². The summed E-state index contributed by atoms with van der Waals surface area (Å²) in [6, 6.07) is 0. The lowest BCUT2D eigenvalue weighted by Gasteiger charge is -2.14. The molecule has 1 rings (SSSR count). The van der Waals surface area contributed by atoms with Crippen LogP contribution < -0.4 is 11.1 Å². The predicted octanol–water partition coefficient (Wildman–Crippen LogP) is -1.00. The number of carbonyl (C=O) groups excluding carboxylic acids is 2. The van der Waals surface area contributed by atoms with E-state index < -0.39 is 11.3 Å². The van der Waals surface area contributed by atoms with Crippen molar-refractivity contribution < 1.29 is 9.59 Å². The van der Waals surface area contributed by atoms with Gasteiger partial charge in [-0.05, 0) is 6.92 Å². The van der Waals surface area contributed by atoms with Gasteiger partial charge >= 0.3 is 0 Å². The van der Waals surface area contributed by atoms with Gasteiger partial charge in [0.2, 0.25) is 11.8 Å². The lowest BCUT2D eigenvalue weighted by atomic mass is 9.89. The molecule has 0 aromatic carbocycles. The first kappa shape index (κ1) is 7.05. The van der Waals surface area contributed by atoms with Crippen molar-refractivity contribution in [2.75, 3.05) is 6.54 Å². The van der Waals surface area contributed by atoms with Crippen LogP contribution in [0.5, 0.6) is 0 Å². The lowest BCUT2D eigenvalue weighted by Crippen LogP contribution is -2.35. The van der Waals surface area contributed by atoms with E-state index >= 15 is 0 Å². The van der Waals surface area contributed by atoms with Crippen LogP contribution in [0.4, 0.5) is 0 Å². The van der Waals surface area contributed by atoms with Crippen molar-refractivity contribution in [3.63, 3.8) is 0 Å². The molecule has 0 spiro atoms. The molecule has 1 fully saturated rings. The van der Waals surface area contributed by atoms with Crippen LogP contribution in [0.2, 0.25) is 0 Å². The third-order valence-electron chi connectivity index (χ3n) is 1.82. The molecule has 0 saturated carbocycles. The standard InChI is InChI=1S/C6H10N2O2/c1-6(5(7)10)2-4(9)8-3-6/h2-3H2,1H3,(H2,7,10)(H,8,9). The SMILES string of the molecule is CC1(C(N)=O)CNC(=O)C1. The zero-order valence-electron chi connectivity index (χ0n) is 5.81. The number of rotatable bonds is 1. The first-order valence-electron chi connectivity index (χ1n) is 3.11. The largest absolute Gasteiger partial charge is 0.369 e. The van der Waals surface area contributed by atoms with E-state index in [2.05, 4.69) is 5.32 Å². The molecule has 0 aliphatic carbocycles. The van der Waals surface area contributed by atoms with Gasteiger partial charge in [-0.3, -0.25) is 9.59 Å². The van der Waals surface area contributed by atoms with Crippen LogP contribution in [-0.2, 0) is 9.59 Å². The molecule has 1 aliphatic heterocycles. The molecule has 0 radical (unpaired) electrons. The van der Waals surface area contributed by atoms with Crippen LogP contribution >= 0.6 is 0 Å². The predicted molar refractivity (Wildman–Crippen MR) is 34.9 cm³/mol. The average Bonchev–Trinajstić information content (AvgIpc) is 2.13. The summed E-state index contributed by atoms with van der Waals surface area (Å²) in [5, 5.41) is 2.55. The maximum atomic E-state index is 10.7. The van der Waals surface area contributed by atoms with E-state index in [0.717, 1.165) is 0 Å². The van der Waals surface area contributed by atoms with Gasteiger partial charge in [-0.15, -0.1) is 0 Å². The molecule has 1 heterocycles. The summed E-state index contributed by atoms with van der Waals surface area (Å²) >= 11 is 0. The van der Waals surface area contributed by atoms with E-state index in [9.17, 15) is 9.59 Å². The highest BCUT2D eigenvalue weighted by Gasteiger charge is 2.38. The van der Waals surface area contributed by atoms with Crippen molar-refractivity contribution in [1.29, 1.82) is 0 Å². The number of nitrogens with one attached hydrogen (secondary N) is 1. The minimum Gasteiger partial charge on any atom is -0.369 e. The smallest absolute Gasteiger partial charge is 0.225 e.